The average molecular weight is 1030 g/mol. The van der Waals surface area contributed by atoms with E-state index in [0.717, 1.165) is 0 Å². The Hall–Kier alpha value is -2.66. The molecule has 0 aromatic carbocycles. The number of carbonyl (C=O) groups is 2. The zero-order valence-electron chi connectivity index (χ0n) is 44.4. The Labute approximate surface area is 426 Å². The molecule has 0 aromatic rings. The van der Waals surface area contributed by atoms with E-state index in [4.69, 9.17) is 37.9 Å². The van der Waals surface area contributed by atoms with Crippen LogP contribution in [0.25, 0.3) is 0 Å². The molecule has 5 heterocycles. The number of carbonyl (C=O) groups excluding carboxylic acids is 2. The van der Waals surface area contributed by atoms with Crippen molar-refractivity contribution in [3.05, 3.63) is 48.6 Å². The van der Waals surface area contributed by atoms with E-state index in [9.17, 15) is 50.4 Å². The van der Waals surface area contributed by atoms with E-state index in [0.29, 0.717) is 12.8 Å². The second-order valence-electron chi connectivity index (χ2n) is 21.7. The number of aliphatic hydroxyl groups excluding tert-OH is 6. The third kappa shape index (κ3) is 14.4. The number of hydrogen-bond acceptors (Lipinski definition) is 18. The minimum atomic E-state index is -1.88. The Bertz CT molecular complexity index is 1710. The molecular weight excluding hydrogens is 937 g/mol. The summed E-state index contributed by atoms with van der Waals surface area (Å²) in [6.45, 7) is 21.3. The molecule has 0 unspecified atom stereocenters. The highest BCUT2D eigenvalue weighted by molar-refractivity contribution is 5.83. The molecule has 8 N–H and O–H groups in total. The van der Waals surface area contributed by atoms with Crippen LogP contribution >= 0.6 is 0 Å². The third-order valence-electron chi connectivity index (χ3n) is 16.5. The molecule has 4 fully saturated rings. The number of hydrogen-bond donors (Lipinski definition) is 8. The van der Waals surface area contributed by atoms with E-state index >= 15 is 0 Å². The zero-order chi connectivity index (χ0) is 53.6. The van der Waals surface area contributed by atoms with Crippen LogP contribution in [0, 0.1) is 47.3 Å². The largest absolute Gasteiger partial charge is 0.458 e. The number of cyclic esters (lactones) is 2. The predicted molar refractivity (Wildman–Crippen MR) is 263 cm³/mol. The first-order valence-corrected chi connectivity index (χ1v) is 26.4. The van der Waals surface area contributed by atoms with E-state index < -0.39 is 157 Å². The maximum atomic E-state index is 13.5. The Morgan fingerprint density at radius 1 is 0.583 bits per heavy atom. The molecule has 0 aliphatic carbocycles. The van der Waals surface area contributed by atoms with Gasteiger partial charge >= 0.3 is 11.9 Å². The molecular formula is C54H88O18. The Morgan fingerprint density at radius 3 is 1.25 bits per heavy atom. The first kappa shape index (κ1) is 60.2. The molecule has 0 saturated carbocycles. The molecule has 0 amide bonds. The molecule has 26 atom stereocenters. The molecule has 412 valence electrons. The van der Waals surface area contributed by atoms with Gasteiger partial charge in [-0.15, -0.1) is 0 Å². The van der Waals surface area contributed by atoms with Crippen LogP contribution < -0.4 is 0 Å². The van der Waals surface area contributed by atoms with Gasteiger partial charge < -0.3 is 78.7 Å². The molecule has 18 nitrogen and oxygen atoms in total. The molecule has 0 radical (unpaired) electrons. The van der Waals surface area contributed by atoms with Crippen molar-refractivity contribution in [1.29, 1.82) is 0 Å². The highest BCUT2D eigenvalue weighted by Crippen LogP contribution is 2.45. The maximum absolute atomic E-state index is 13.5. The first-order chi connectivity index (χ1) is 33.7. The van der Waals surface area contributed by atoms with Gasteiger partial charge in [-0.25, -0.2) is 9.59 Å². The third-order valence-corrected chi connectivity index (χ3v) is 16.5. The normalized spacial score (nSPS) is 46.1. The second-order valence-corrected chi connectivity index (χ2v) is 21.7. The van der Waals surface area contributed by atoms with Crippen molar-refractivity contribution in [2.24, 2.45) is 47.3 Å². The van der Waals surface area contributed by atoms with E-state index in [-0.39, 0.29) is 37.5 Å². The lowest BCUT2D eigenvalue weighted by atomic mass is 9.76. The molecule has 0 spiro atoms. The van der Waals surface area contributed by atoms with Crippen molar-refractivity contribution in [2.75, 3.05) is 0 Å². The van der Waals surface area contributed by atoms with Crippen molar-refractivity contribution in [3.8, 4) is 0 Å². The van der Waals surface area contributed by atoms with Crippen LogP contribution in [-0.2, 0) is 47.5 Å². The van der Waals surface area contributed by atoms with E-state index in [1.54, 1.807) is 79.7 Å². The van der Waals surface area contributed by atoms with Crippen LogP contribution in [-0.4, -0.2) is 162 Å². The smallest absolute Gasteiger partial charge is 0.331 e. The minimum Gasteiger partial charge on any atom is -0.458 e. The summed E-state index contributed by atoms with van der Waals surface area (Å²) in [7, 11) is 0. The molecule has 5 aliphatic heterocycles. The van der Waals surface area contributed by atoms with Gasteiger partial charge in [-0.3, -0.25) is 0 Å². The van der Waals surface area contributed by atoms with Gasteiger partial charge in [0.15, 0.2) is 24.2 Å². The highest BCUT2D eigenvalue weighted by Gasteiger charge is 2.54. The van der Waals surface area contributed by atoms with Gasteiger partial charge in [0.05, 0.1) is 61.0 Å². The standard InChI is InChI=1S/C54H88O18/c1-13-37-33(9)71-53(63,25-41(37)67-45-23-39(55)49(61)35(11)65-45)31(7)47(59)29(5)51-27(3)19-15-17-22-44(58)70-52(28(4)20-16-18-21-43(57)69-51)30(6)48(60)32(8)54(64)26-42(38(14-2)34(10)72-54)68-46-24-40(56)50(62)36(12)66-46/h15-22,27-42,45-52,55-56,59-64H,13-14,23-26H2,1-12H3/b19-15+,20-16+,21-18+,22-17+/t27-,28-,29-,30+,31-,32+,33+,34+,35-,36+,37+,38+,39-,40-,41+,42+,45-,46-,47-,48-,49+,50+,51-,52-,53+,54+/m0/s1. The van der Waals surface area contributed by atoms with Crippen LogP contribution in [0.15, 0.2) is 48.6 Å². The monoisotopic (exact) mass is 1020 g/mol. The maximum Gasteiger partial charge on any atom is 0.331 e. The van der Waals surface area contributed by atoms with Crippen LogP contribution in [0.4, 0.5) is 0 Å². The Balaban J connectivity index is 1.28. The molecule has 0 bridgehead atoms. The van der Waals surface area contributed by atoms with Gasteiger partial charge in [0, 0.05) is 85.2 Å². The summed E-state index contributed by atoms with van der Waals surface area (Å²) in [6.07, 6.45) is -0.317. The Kier molecular flexibility index (Phi) is 21.7. The fourth-order valence-electron chi connectivity index (χ4n) is 11.6. The predicted octanol–water partition coefficient (Wildman–Crippen LogP) is 4.12. The second kappa shape index (κ2) is 25.9. The fourth-order valence-corrected chi connectivity index (χ4v) is 11.6. The van der Waals surface area contributed by atoms with Crippen molar-refractivity contribution < 1.29 is 88.3 Å². The molecule has 0 aromatic heterocycles. The van der Waals surface area contributed by atoms with Crippen molar-refractivity contribution in [1.82, 2.24) is 0 Å². The lowest BCUT2D eigenvalue weighted by Gasteiger charge is -2.50. The van der Waals surface area contributed by atoms with E-state index in [1.165, 1.54) is 24.3 Å². The van der Waals surface area contributed by atoms with Gasteiger partial charge in [0.1, 0.15) is 24.4 Å². The number of esters is 2. The summed E-state index contributed by atoms with van der Waals surface area (Å²) in [5.41, 5.74) is 0. The molecule has 72 heavy (non-hydrogen) atoms. The number of rotatable bonds is 14. The summed E-state index contributed by atoms with van der Waals surface area (Å²) < 4.78 is 49.1. The van der Waals surface area contributed by atoms with Crippen molar-refractivity contribution >= 4 is 11.9 Å². The first-order valence-electron chi connectivity index (χ1n) is 26.4. The zero-order valence-corrected chi connectivity index (χ0v) is 44.4. The van der Waals surface area contributed by atoms with Crippen LogP contribution in [0.5, 0.6) is 0 Å². The number of aliphatic hydroxyl groups is 8. The summed E-state index contributed by atoms with van der Waals surface area (Å²) in [5, 5.41) is 89.6. The number of allylic oxidation sites excluding steroid dienone is 4. The lowest BCUT2D eigenvalue weighted by molar-refractivity contribution is -0.345. The van der Waals surface area contributed by atoms with Crippen LogP contribution in [0.1, 0.15) is 122 Å². The van der Waals surface area contributed by atoms with Gasteiger partial charge in [-0.1, -0.05) is 91.8 Å². The minimum absolute atomic E-state index is 0.0264. The van der Waals surface area contributed by atoms with E-state index in [2.05, 4.69) is 0 Å². The van der Waals surface area contributed by atoms with Gasteiger partial charge in [0.25, 0.3) is 0 Å². The SMILES string of the molecule is CC[C@@H]1[C@@H](C)O[C@@](O)([C@H](C)[C@@H](O)[C@@H](C)[C@H]2OC(=O)/C=C/C=C/[C@H](C)[C@@H]([C@@H](C)[C@H](O)[C@H](C)[C@@]3(O)C[C@@H](O[C@H]4C[C@H](O)[C@H](O)[C@H](C)O4)[C@H](CC)[C@@H](C)O3)OC(=O)/C=C/C=C/[C@@H]2C)C[C@H]1O[C@H]1C[C@H](O)[C@H](O)[C@@H](C)O1. The summed E-state index contributed by atoms with van der Waals surface area (Å²) in [5.74, 6) is -9.84. The van der Waals surface area contributed by atoms with Crippen LogP contribution in [0.3, 0.4) is 0 Å². The summed E-state index contributed by atoms with van der Waals surface area (Å²) >= 11 is 0. The van der Waals surface area contributed by atoms with E-state index in [1.807, 2.05) is 27.7 Å². The molecule has 5 rings (SSSR count). The van der Waals surface area contributed by atoms with Crippen molar-refractivity contribution in [2.45, 2.75) is 231 Å². The molecule has 4 saturated heterocycles. The molecule has 5 aliphatic rings. The fraction of sp³-hybridized carbons (Fsp3) is 0.815. The average Bonchev–Trinajstić information content (AvgIpc) is 3.31. The molecule has 18 heteroatoms. The summed E-state index contributed by atoms with van der Waals surface area (Å²) in [4.78, 5) is 27.0. The lowest BCUT2D eigenvalue weighted by Crippen LogP contribution is -2.59. The van der Waals surface area contributed by atoms with Gasteiger partial charge in [0.2, 0.25) is 0 Å². The number of ether oxygens (including phenoxy) is 8. The van der Waals surface area contributed by atoms with Crippen LogP contribution in [0.2, 0.25) is 0 Å². The van der Waals surface area contributed by atoms with Crippen molar-refractivity contribution in [3.63, 3.8) is 0 Å². The summed E-state index contributed by atoms with van der Waals surface area (Å²) in [6, 6.07) is 0. The van der Waals surface area contributed by atoms with Gasteiger partial charge in [-0.2, -0.15) is 0 Å². The Morgan fingerprint density at radius 2 is 0.931 bits per heavy atom. The van der Waals surface area contributed by atoms with Gasteiger partial charge in [-0.05, 0) is 40.5 Å². The topological polar surface area (TPSA) is 270 Å². The quantitative estimate of drug-likeness (QED) is 0.114. The highest BCUT2D eigenvalue weighted by atomic mass is 16.7.